The van der Waals surface area contributed by atoms with E-state index in [1.807, 2.05) is 0 Å². The summed E-state index contributed by atoms with van der Waals surface area (Å²) >= 11 is 0. The quantitative estimate of drug-likeness (QED) is 0.121. The topological polar surface area (TPSA) is 16.3 Å². The van der Waals surface area contributed by atoms with Crippen molar-refractivity contribution in [3.63, 3.8) is 0 Å². The van der Waals surface area contributed by atoms with Gasteiger partial charge < -0.3 is 18.9 Å². The zero-order chi connectivity index (χ0) is 60.4. The first-order valence-electron chi connectivity index (χ1n) is 31.6. The summed E-state index contributed by atoms with van der Waals surface area (Å²) in [6.07, 6.45) is 7.82. The molecule has 0 spiro atoms. The second-order valence-corrected chi connectivity index (χ2v) is 24.2. The van der Waals surface area contributed by atoms with E-state index in [0.29, 0.717) is 5.92 Å². The summed E-state index contributed by atoms with van der Waals surface area (Å²) in [4.78, 5) is 4.94. The predicted molar refractivity (Wildman–Crippen MR) is 387 cm³/mol. The Bertz CT molecular complexity index is 5490. The molecule has 0 saturated carbocycles. The number of benzene rings is 14. The number of allylic oxidation sites excluding steroid dienone is 4. The molecular formula is C87H62N4. The lowest BCUT2D eigenvalue weighted by molar-refractivity contribution is 0.749. The number of rotatable bonds is 12. The second-order valence-electron chi connectivity index (χ2n) is 24.2. The van der Waals surface area contributed by atoms with Crippen LogP contribution in [0.1, 0.15) is 18.9 Å². The molecule has 17 rings (SSSR count). The molecule has 2 aromatic heterocycles. The average Bonchev–Trinajstić information content (AvgIpc) is 2.04. The number of nitrogens with zero attached hydrogens (tertiary/aromatic N) is 4. The Hall–Kier alpha value is -11.7. The van der Waals surface area contributed by atoms with Crippen LogP contribution in [-0.2, 0) is 0 Å². The number of anilines is 6. The molecule has 1 aliphatic rings. The van der Waals surface area contributed by atoms with Gasteiger partial charge in [0, 0.05) is 66.4 Å². The number of hydrogen-bond donors (Lipinski definition) is 0. The Morgan fingerprint density at radius 1 is 0.286 bits per heavy atom. The van der Waals surface area contributed by atoms with Gasteiger partial charge >= 0.3 is 0 Å². The summed E-state index contributed by atoms with van der Waals surface area (Å²) in [6.45, 7) is 2.29. The van der Waals surface area contributed by atoms with E-state index in [1.54, 1.807) is 0 Å². The summed E-state index contributed by atoms with van der Waals surface area (Å²) < 4.78 is 4.84. The largest absolute Gasteiger partial charge is 0.310 e. The molecule has 1 aliphatic carbocycles. The first-order chi connectivity index (χ1) is 45.0. The molecule has 14 aromatic carbocycles. The first-order valence-corrected chi connectivity index (χ1v) is 31.6. The van der Waals surface area contributed by atoms with Crippen LogP contribution in [0.2, 0.25) is 0 Å². The van der Waals surface area contributed by atoms with Crippen LogP contribution in [0.25, 0.3) is 115 Å². The fourth-order valence-electron chi connectivity index (χ4n) is 14.2. The molecule has 0 bridgehead atoms. The van der Waals surface area contributed by atoms with E-state index in [1.165, 1.54) is 87.6 Å². The number of aromatic nitrogens is 2. The monoisotopic (exact) mass is 1160 g/mol. The maximum atomic E-state index is 2.47. The van der Waals surface area contributed by atoms with Crippen molar-refractivity contribution in [2.75, 3.05) is 9.80 Å². The predicted octanol–water partition coefficient (Wildman–Crippen LogP) is 24.1. The van der Waals surface area contributed by atoms with E-state index >= 15 is 0 Å². The number of para-hydroxylation sites is 2. The SMILES string of the molecule is CC1C=CC=C(c2ccc(-c3ccc4c(c3)c3cc(N(c5cccc(N(c6ccc7c(c6)c6cc(-c8ccc(-c9ccccc9)cc8)ccc6n7-c6ccccc6)c6cccc7ccccc67)c5)c5cccc6ccccc56)ccc3n4-c3ccccc3)cc2)C1. The molecule has 1 unspecified atom stereocenters. The van der Waals surface area contributed by atoms with E-state index in [-0.39, 0.29) is 0 Å². The highest BCUT2D eigenvalue weighted by Gasteiger charge is 2.24. The van der Waals surface area contributed by atoms with E-state index in [4.69, 9.17) is 0 Å². The highest BCUT2D eigenvalue weighted by Crippen LogP contribution is 2.48. The van der Waals surface area contributed by atoms with E-state index in [2.05, 4.69) is 366 Å². The average molecular weight is 1160 g/mol. The molecule has 0 aliphatic heterocycles. The van der Waals surface area contributed by atoms with Crippen molar-refractivity contribution in [1.82, 2.24) is 9.13 Å². The van der Waals surface area contributed by atoms with Crippen LogP contribution in [0.4, 0.5) is 34.1 Å². The summed E-state index contributed by atoms with van der Waals surface area (Å²) in [5.41, 5.74) is 23.0. The fraction of sp³-hybridized carbons (Fsp3) is 0.0345. The van der Waals surface area contributed by atoms with Gasteiger partial charge in [0.05, 0.1) is 33.4 Å². The van der Waals surface area contributed by atoms with Gasteiger partial charge in [-0.3, -0.25) is 0 Å². The molecule has 0 N–H and O–H groups in total. The van der Waals surface area contributed by atoms with Crippen LogP contribution >= 0.6 is 0 Å². The van der Waals surface area contributed by atoms with Gasteiger partial charge in [0.1, 0.15) is 0 Å². The normalized spacial score (nSPS) is 13.2. The third kappa shape index (κ3) is 9.56. The molecule has 0 saturated heterocycles. The van der Waals surface area contributed by atoms with Crippen molar-refractivity contribution in [3.05, 3.63) is 345 Å². The number of fused-ring (bicyclic) bond motifs is 8. The van der Waals surface area contributed by atoms with Crippen LogP contribution in [0, 0.1) is 5.92 Å². The van der Waals surface area contributed by atoms with Gasteiger partial charge in [0.25, 0.3) is 0 Å². The minimum Gasteiger partial charge on any atom is -0.310 e. The molecule has 91 heavy (non-hydrogen) atoms. The maximum Gasteiger partial charge on any atom is 0.0542 e. The molecule has 4 heteroatoms. The van der Waals surface area contributed by atoms with Gasteiger partial charge in [-0.25, -0.2) is 0 Å². The van der Waals surface area contributed by atoms with Gasteiger partial charge in [-0.1, -0.05) is 231 Å². The molecule has 0 fully saturated rings. The van der Waals surface area contributed by atoms with Crippen molar-refractivity contribution in [1.29, 1.82) is 0 Å². The molecule has 430 valence electrons. The first kappa shape index (κ1) is 53.5. The van der Waals surface area contributed by atoms with E-state index in [0.717, 1.165) is 74.0 Å². The van der Waals surface area contributed by atoms with Crippen LogP contribution in [0.15, 0.2) is 340 Å². The molecule has 2 heterocycles. The lowest BCUT2D eigenvalue weighted by Gasteiger charge is -2.30. The van der Waals surface area contributed by atoms with Gasteiger partial charge in [-0.2, -0.15) is 0 Å². The Balaban J connectivity index is 0.850. The Morgan fingerprint density at radius 3 is 1.13 bits per heavy atom. The van der Waals surface area contributed by atoms with Gasteiger partial charge in [-0.05, 0) is 183 Å². The Morgan fingerprint density at radius 2 is 0.648 bits per heavy atom. The molecule has 1 atom stereocenters. The lowest BCUT2D eigenvalue weighted by atomic mass is 9.90. The standard InChI is InChI=1S/C87H62N4/c1-59-19-15-26-67(53-59)62-41-43-64(44-42-62)69-46-50-85-79(55-69)81-58-75(48-52-87(81)91(85)71-29-9-4-10-30-71)89(83-36-17-25-66-23-12-14-34-77(66)83)73-32-18-31-72(56-73)88(82-35-16-24-65-22-11-13-33-76(65)82)74-47-51-86-80(57-74)78-54-68(45-49-84(78)90(86)70-27-7-3-8-28-70)63-39-37-61(38-40-63)60-20-5-2-6-21-60/h2-52,54-59H,53H2,1H3. The zero-order valence-electron chi connectivity index (χ0n) is 50.4. The Labute approximate surface area is 530 Å². The molecule has 16 aromatic rings. The minimum absolute atomic E-state index is 0.535. The fourth-order valence-corrected chi connectivity index (χ4v) is 14.2. The van der Waals surface area contributed by atoms with Crippen LogP contribution in [0.5, 0.6) is 0 Å². The van der Waals surface area contributed by atoms with Crippen LogP contribution in [0.3, 0.4) is 0 Å². The van der Waals surface area contributed by atoms with E-state index < -0.39 is 0 Å². The zero-order valence-corrected chi connectivity index (χ0v) is 50.4. The highest BCUT2D eigenvalue weighted by atomic mass is 15.2. The van der Waals surface area contributed by atoms with Gasteiger partial charge in [0.2, 0.25) is 0 Å². The molecule has 0 radical (unpaired) electrons. The third-order valence-corrected chi connectivity index (χ3v) is 18.6. The molecule has 4 nitrogen and oxygen atoms in total. The summed E-state index contributed by atoms with van der Waals surface area (Å²) in [5, 5.41) is 9.42. The lowest BCUT2D eigenvalue weighted by Crippen LogP contribution is -2.14. The smallest absolute Gasteiger partial charge is 0.0542 e. The Kier molecular flexibility index (Phi) is 13.2. The number of hydrogen-bond acceptors (Lipinski definition) is 2. The summed E-state index contributed by atoms with van der Waals surface area (Å²) in [6, 6.07) is 119. The summed E-state index contributed by atoms with van der Waals surface area (Å²) in [7, 11) is 0. The van der Waals surface area contributed by atoms with Gasteiger partial charge in [-0.15, -0.1) is 0 Å². The van der Waals surface area contributed by atoms with Crippen molar-refractivity contribution >= 4 is 105 Å². The third-order valence-electron chi connectivity index (χ3n) is 18.6. The molecular weight excluding hydrogens is 1100 g/mol. The van der Waals surface area contributed by atoms with Gasteiger partial charge in [0.15, 0.2) is 0 Å². The maximum absolute atomic E-state index is 2.47. The summed E-state index contributed by atoms with van der Waals surface area (Å²) in [5.74, 6) is 0.535. The minimum atomic E-state index is 0.535. The van der Waals surface area contributed by atoms with Crippen molar-refractivity contribution in [2.45, 2.75) is 13.3 Å². The van der Waals surface area contributed by atoms with E-state index in [9.17, 15) is 0 Å². The van der Waals surface area contributed by atoms with Crippen molar-refractivity contribution in [2.24, 2.45) is 5.92 Å². The molecule has 0 amide bonds. The second kappa shape index (κ2) is 22.5. The van der Waals surface area contributed by atoms with Crippen LogP contribution < -0.4 is 9.80 Å². The van der Waals surface area contributed by atoms with Crippen molar-refractivity contribution < 1.29 is 0 Å². The van der Waals surface area contributed by atoms with Crippen LogP contribution in [-0.4, -0.2) is 9.13 Å². The van der Waals surface area contributed by atoms with Crippen molar-refractivity contribution in [3.8, 4) is 44.8 Å². The highest BCUT2D eigenvalue weighted by molar-refractivity contribution is 6.14.